The van der Waals surface area contributed by atoms with Crippen molar-refractivity contribution in [2.75, 3.05) is 44.0 Å². The molecule has 1 atom stereocenters. The van der Waals surface area contributed by atoms with Gasteiger partial charge in [-0.2, -0.15) is 0 Å². The lowest BCUT2D eigenvalue weighted by molar-refractivity contribution is -0.132. The Morgan fingerprint density at radius 3 is 2.78 bits per heavy atom. The highest BCUT2D eigenvalue weighted by atomic mass is 32.1. The maximum absolute atomic E-state index is 11.3. The van der Waals surface area contributed by atoms with Crippen molar-refractivity contribution in [2.45, 2.75) is 25.7 Å². The van der Waals surface area contributed by atoms with Crippen LogP contribution in [0.15, 0.2) is 47.1 Å². The van der Waals surface area contributed by atoms with Crippen molar-refractivity contribution in [3.63, 3.8) is 0 Å². The van der Waals surface area contributed by atoms with Crippen molar-refractivity contribution < 1.29 is 14.6 Å². The summed E-state index contributed by atoms with van der Waals surface area (Å²) in [7, 11) is 1.98. The SMILES string of the molecule is CCC1(N(C)Cc2cc3nc(-c4cccc(N)c4)nc(N4CCOCC4)c3s2)N=CC(C(=O)O)=CN1. The first-order chi connectivity index (χ1) is 17.4. The average Bonchev–Trinajstić information content (AvgIpc) is 3.30. The molecule has 2 aromatic heterocycles. The van der Waals surface area contributed by atoms with E-state index in [1.54, 1.807) is 11.3 Å². The Morgan fingerprint density at radius 1 is 1.31 bits per heavy atom. The van der Waals surface area contributed by atoms with Gasteiger partial charge in [0.05, 0.1) is 29.0 Å². The van der Waals surface area contributed by atoms with Gasteiger partial charge in [0.1, 0.15) is 0 Å². The molecule has 11 heteroatoms. The number of thiophene rings is 1. The van der Waals surface area contributed by atoms with Crippen LogP contribution in [0.25, 0.3) is 21.6 Å². The fourth-order valence-electron chi connectivity index (χ4n) is 4.44. The summed E-state index contributed by atoms with van der Waals surface area (Å²) in [5, 5.41) is 12.4. The molecule has 188 valence electrons. The minimum atomic E-state index is -1.01. The number of carbonyl (C=O) groups is 1. The molecule has 10 nitrogen and oxygen atoms in total. The van der Waals surface area contributed by atoms with Crippen molar-refractivity contribution in [1.82, 2.24) is 20.2 Å². The third kappa shape index (κ3) is 4.64. The molecular weight excluding hydrogens is 478 g/mol. The van der Waals surface area contributed by atoms with Crippen LogP contribution in [0, 0.1) is 0 Å². The number of aromatic nitrogens is 2. The van der Waals surface area contributed by atoms with Gasteiger partial charge in [0.2, 0.25) is 0 Å². The summed E-state index contributed by atoms with van der Waals surface area (Å²) in [6.07, 6.45) is 3.59. The van der Waals surface area contributed by atoms with E-state index in [0.717, 1.165) is 39.6 Å². The van der Waals surface area contributed by atoms with E-state index in [-0.39, 0.29) is 5.57 Å². The van der Waals surface area contributed by atoms with E-state index in [2.05, 4.69) is 26.2 Å². The maximum atomic E-state index is 11.3. The minimum Gasteiger partial charge on any atom is -0.478 e. The molecule has 0 amide bonds. The predicted molar refractivity (Wildman–Crippen MR) is 142 cm³/mol. The number of nitrogens with two attached hydrogens (primary N) is 1. The number of nitrogens with zero attached hydrogens (tertiary/aromatic N) is 5. The third-order valence-corrected chi connectivity index (χ3v) is 7.61. The van der Waals surface area contributed by atoms with Crippen LogP contribution in [-0.4, -0.2) is 71.3 Å². The van der Waals surface area contributed by atoms with Gasteiger partial charge < -0.3 is 25.8 Å². The van der Waals surface area contributed by atoms with E-state index >= 15 is 0 Å². The van der Waals surface area contributed by atoms with E-state index < -0.39 is 11.8 Å². The molecule has 4 N–H and O–H groups in total. The molecule has 0 aliphatic carbocycles. The number of aliphatic imine (C=N–C) groups is 1. The van der Waals surface area contributed by atoms with Gasteiger partial charge in [0, 0.05) is 54.6 Å². The van der Waals surface area contributed by atoms with Crippen molar-refractivity contribution in [1.29, 1.82) is 0 Å². The van der Waals surface area contributed by atoms with Crippen LogP contribution in [-0.2, 0) is 16.1 Å². The molecule has 4 heterocycles. The van der Waals surface area contributed by atoms with Gasteiger partial charge in [0.25, 0.3) is 0 Å². The quantitative estimate of drug-likeness (QED) is 0.413. The van der Waals surface area contributed by atoms with Gasteiger partial charge in [-0.05, 0) is 25.2 Å². The first-order valence-electron chi connectivity index (χ1n) is 11.9. The van der Waals surface area contributed by atoms with E-state index in [4.69, 9.17) is 20.4 Å². The number of rotatable bonds is 7. The van der Waals surface area contributed by atoms with Gasteiger partial charge in [-0.25, -0.2) is 19.8 Å². The number of anilines is 2. The predicted octanol–water partition coefficient (Wildman–Crippen LogP) is 2.92. The lowest BCUT2D eigenvalue weighted by atomic mass is 10.1. The number of ether oxygens (including phenoxy) is 1. The van der Waals surface area contributed by atoms with Crippen LogP contribution >= 0.6 is 11.3 Å². The molecule has 0 saturated carbocycles. The lowest BCUT2D eigenvalue weighted by Crippen LogP contribution is -2.55. The fourth-order valence-corrected chi connectivity index (χ4v) is 5.60. The van der Waals surface area contributed by atoms with Crippen molar-refractivity contribution in [3.8, 4) is 11.4 Å². The smallest absolute Gasteiger partial charge is 0.338 e. The lowest BCUT2D eigenvalue weighted by Gasteiger charge is -2.39. The highest BCUT2D eigenvalue weighted by Crippen LogP contribution is 2.36. The zero-order valence-corrected chi connectivity index (χ0v) is 21.1. The number of hydrogen-bond acceptors (Lipinski definition) is 10. The van der Waals surface area contributed by atoms with E-state index in [1.807, 2.05) is 38.2 Å². The Morgan fingerprint density at radius 2 is 2.11 bits per heavy atom. The molecule has 1 fully saturated rings. The number of aliphatic carboxylic acids is 1. The topological polar surface area (TPSA) is 129 Å². The number of nitrogen functional groups attached to an aromatic ring is 1. The number of morpholine rings is 1. The summed E-state index contributed by atoms with van der Waals surface area (Å²) in [5.74, 6) is -0.175. The molecule has 2 aliphatic rings. The van der Waals surface area contributed by atoms with Crippen LogP contribution in [0.1, 0.15) is 18.2 Å². The van der Waals surface area contributed by atoms with Gasteiger partial charge >= 0.3 is 5.97 Å². The Kier molecular flexibility index (Phi) is 6.61. The summed E-state index contributed by atoms with van der Waals surface area (Å²) in [6.45, 7) is 5.48. The second-order valence-corrected chi connectivity index (χ2v) is 9.99. The normalized spacial score (nSPS) is 20.0. The Balaban J connectivity index is 1.50. The van der Waals surface area contributed by atoms with E-state index in [1.165, 1.54) is 12.4 Å². The molecule has 1 saturated heterocycles. The van der Waals surface area contributed by atoms with E-state index in [9.17, 15) is 9.90 Å². The highest BCUT2D eigenvalue weighted by molar-refractivity contribution is 7.19. The Bertz CT molecular complexity index is 1350. The fraction of sp³-hybridized carbons (Fsp3) is 0.360. The molecular formula is C25H29N7O3S. The molecule has 5 rings (SSSR count). The third-order valence-electron chi connectivity index (χ3n) is 6.50. The number of benzene rings is 1. The molecule has 0 radical (unpaired) electrons. The van der Waals surface area contributed by atoms with E-state index in [0.29, 0.717) is 37.7 Å². The van der Waals surface area contributed by atoms with Crippen LogP contribution in [0.2, 0.25) is 0 Å². The number of carboxylic acid groups (broad SMARTS) is 1. The molecule has 2 aliphatic heterocycles. The second-order valence-electron chi connectivity index (χ2n) is 8.86. The summed E-state index contributed by atoms with van der Waals surface area (Å²) in [4.78, 5) is 31.2. The van der Waals surface area contributed by atoms with Crippen molar-refractivity contribution >= 4 is 45.2 Å². The molecule has 36 heavy (non-hydrogen) atoms. The van der Waals surface area contributed by atoms with Gasteiger partial charge in [-0.15, -0.1) is 11.3 Å². The zero-order valence-electron chi connectivity index (χ0n) is 20.3. The van der Waals surface area contributed by atoms with Crippen molar-refractivity contribution in [2.24, 2.45) is 4.99 Å². The standard InChI is InChI=1S/C25H29N7O3S/c1-3-25(27-13-17(14-28-25)24(33)34)31(2)15-19-12-20-21(36-19)23(32-7-9-35-10-8-32)30-22(29-20)16-5-4-6-18(26)11-16/h4-6,11-14,27H,3,7-10,15,26H2,1-2H3,(H,33,34). The van der Waals surface area contributed by atoms with Gasteiger partial charge in [-0.1, -0.05) is 19.1 Å². The van der Waals surface area contributed by atoms with Crippen LogP contribution < -0.4 is 16.0 Å². The summed E-state index contributed by atoms with van der Waals surface area (Å²) in [6, 6.07) is 9.72. The largest absolute Gasteiger partial charge is 0.478 e. The Labute approximate surface area is 213 Å². The highest BCUT2D eigenvalue weighted by Gasteiger charge is 2.34. The molecule has 0 bridgehead atoms. The monoisotopic (exact) mass is 507 g/mol. The van der Waals surface area contributed by atoms with Crippen LogP contribution in [0.4, 0.5) is 11.5 Å². The molecule has 1 aromatic carbocycles. The maximum Gasteiger partial charge on any atom is 0.338 e. The summed E-state index contributed by atoms with van der Waals surface area (Å²) >= 11 is 1.67. The number of hydrogen-bond donors (Lipinski definition) is 3. The minimum absolute atomic E-state index is 0.133. The first kappa shape index (κ1) is 24.2. The van der Waals surface area contributed by atoms with Gasteiger partial charge in [-0.3, -0.25) is 4.90 Å². The number of carboxylic acids is 1. The van der Waals surface area contributed by atoms with Gasteiger partial charge in [0.15, 0.2) is 17.4 Å². The van der Waals surface area contributed by atoms with Crippen LogP contribution in [0.3, 0.4) is 0 Å². The summed E-state index contributed by atoms with van der Waals surface area (Å²) in [5.41, 5.74) is 8.59. The second kappa shape index (κ2) is 9.84. The first-order valence-corrected chi connectivity index (χ1v) is 12.7. The number of nitrogens with one attached hydrogen (secondary N) is 1. The Hall–Kier alpha value is -3.54. The van der Waals surface area contributed by atoms with Crippen LogP contribution in [0.5, 0.6) is 0 Å². The zero-order chi connectivity index (χ0) is 25.3. The summed E-state index contributed by atoms with van der Waals surface area (Å²) < 4.78 is 6.60. The number of fused-ring (bicyclic) bond motifs is 1. The average molecular weight is 508 g/mol. The van der Waals surface area contributed by atoms with Crippen molar-refractivity contribution in [3.05, 3.63) is 47.0 Å². The molecule has 3 aromatic rings. The molecule has 1 unspecified atom stereocenters. The molecule has 0 spiro atoms.